The van der Waals surface area contributed by atoms with Crippen LogP contribution < -0.4 is 5.73 Å². The fourth-order valence-corrected chi connectivity index (χ4v) is 1.14. The predicted molar refractivity (Wildman–Crippen MR) is 47.8 cm³/mol. The minimum Gasteiger partial charge on any atom is -0.507 e. The summed E-state index contributed by atoms with van der Waals surface area (Å²) in [5.74, 6) is 0.0596. The largest absolute Gasteiger partial charge is 0.507 e. The Kier molecular flexibility index (Phi) is 2.55. The third kappa shape index (κ3) is 1.51. The van der Waals surface area contributed by atoms with E-state index in [1.54, 1.807) is 12.1 Å². The van der Waals surface area contributed by atoms with Gasteiger partial charge in [0, 0.05) is 11.3 Å². The number of aliphatic hydroxyl groups is 1. The molecule has 0 heterocycles. The summed E-state index contributed by atoms with van der Waals surface area (Å²) in [6.07, 6.45) is -0.131. The van der Waals surface area contributed by atoms with E-state index in [2.05, 4.69) is 0 Å². The van der Waals surface area contributed by atoms with E-state index in [1.807, 2.05) is 6.92 Å². The Bertz CT molecular complexity index is 253. The van der Waals surface area contributed by atoms with E-state index in [9.17, 15) is 10.2 Å². The van der Waals surface area contributed by atoms with Gasteiger partial charge in [-0.05, 0) is 18.6 Å². The van der Waals surface area contributed by atoms with Crippen LogP contribution in [0.15, 0.2) is 18.2 Å². The second-order valence-electron chi connectivity index (χ2n) is 2.70. The third-order valence-electron chi connectivity index (χ3n) is 1.84. The van der Waals surface area contributed by atoms with Gasteiger partial charge in [0.15, 0.2) is 0 Å². The lowest BCUT2D eigenvalue weighted by Crippen LogP contribution is -2.00. The maximum Gasteiger partial charge on any atom is 0.123 e. The molecule has 0 fully saturated rings. The topological polar surface area (TPSA) is 66.5 Å². The molecule has 3 heteroatoms. The van der Waals surface area contributed by atoms with E-state index < -0.39 is 6.10 Å². The number of phenols is 1. The number of anilines is 1. The molecule has 0 saturated carbocycles. The normalized spacial score (nSPS) is 12.8. The first kappa shape index (κ1) is 8.87. The number of benzene rings is 1. The lowest BCUT2D eigenvalue weighted by atomic mass is 10.0. The molecule has 0 aliphatic heterocycles. The molecule has 0 aromatic heterocycles. The van der Waals surface area contributed by atoms with Crippen molar-refractivity contribution < 1.29 is 10.2 Å². The first-order valence-electron chi connectivity index (χ1n) is 3.92. The van der Waals surface area contributed by atoms with Gasteiger partial charge in [-0.25, -0.2) is 0 Å². The van der Waals surface area contributed by atoms with E-state index in [1.165, 1.54) is 6.07 Å². The van der Waals surface area contributed by atoms with Gasteiger partial charge < -0.3 is 15.9 Å². The molecular formula is C9H13NO2. The van der Waals surface area contributed by atoms with Crippen molar-refractivity contribution >= 4 is 5.69 Å². The fourth-order valence-electron chi connectivity index (χ4n) is 1.14. The van der Waals surface area contributed by atoms with Crippen LogP contribution in [0.4, 0.5) is 5.69 Å². The minimum atomic E-state index is -0.675. The highest BCUT2D eigenvalue weighted by molar-refractivity contribution is 5.54. The Morgan fingerprint density at radius 2 is 2.17 bits per heavy atom. The van der Waals surface area contributed by atoms with Crippen LogP contribution in [0.25, 0.3) is 0 Å². The highest BCUT2D eigenvalue weighted by atomic mass is 16.3. The Morgan fingerprint density at radius 3 is 2.67 bits per heavy atom. The second-order valence-corrected chi connectivity index (χ2v) is 2.70. The van der Waals surface area contributed by atoms with Gasteiger partial charge in [-0.15, -0.1) is 0 Å². The maximum atomic E-state index is 9.45. The van der Waals surface area contributed by atoms with Crippen LogP contribution in [-0.2, 0) is 0 Å². The molecule has 0 radical (unpaired) electrons. The number of rotatable bonds is 2. The van der Waals surface area contributed by atoms with Crippen molar-refractivity contribution in [3.8, 4) is 5.75 Å². The van der Waals surface area contributed by atoms with E-state index >= 15 is 0 Å². The molecule has 12 heavy (non-hydrogen) atoms. The zero-order valence-corrected chi connectivity index (χ0v) is 6.99. The minimum absolute atomic E-state index is 0.0596. The maximum absolute atomic E-state index is 9.45. The lowest BCUT2D eigenvalue weighted by molar-refractivity contribution is 0.170. The highest BCUT2D eigenvalue weighted by Gasteiger charge is 2.12. The Morgan fingerprint density at radius 1 is 1.50 bits per heavy atom. The molecule has 1 atom stereocenters. The average Bonchev–Trinajstić information content (AvgIpc) is 2.03. The van der Waals surface area contributed by atoms with Crippen molar-refractivity contribution in [1.82, 2.24) is 0 Å². The zero-order chi connectivity index (χ0) is 9.14. The lowest BCUT2D eigenvalue weighted by Gasteiger charge is -2.12. The van der Waals surface area contributed by atoms with Crippen LogP contribution in [0.2, 0.25) is 0 Å². The highest BCUT2D eigenvalue weighted by Crippen LogP contribution is 2.30. The SMILES string of the molecule is CCC(O)c1c(N)cccc1O. The Balaban J connectivity index is 3.12. The van der Waals surface area contributed by atoms with Crippen molar-refractivity contribution in [3.63, 3.8) is 0 Å². The predicted octanol–water partition coefficient (Wildman–Crippen LogP) is 1.42. The van der Waals surface area contributed by atoms with Crippen molar-refractivity contribution in [2.24, 2.45) is 0 Å². The fraction of sp³-hybridized carbons (Fsp3) is 0.333. The Hall–Kier alpha value is -1.22. The number of nitrogen functional groups attached to an aromatic ring is 1. The standard InChI is InChI=1S/C9H13NO2/c1-2-7(11)9-6(10)4-3-5-8(9)12/h3-5,7,11-12H,2,10H2,1H3. The smallest absolute Gasteiger partial charge is 0.123 e. The molecule has 0 spiro atoms. The first-order chi connectivity index (χ1) is 5.66. The number of aliphatic hydroxyl groups excluding tert-OH is 1. The zero-order valence-electron chi connectivity index (χ0n) is 6.99. The van der Waals surface area contributed by atoms with Crippen molar-refractivity contribution in [1.29, 1.82) is 0 Å². The number of hydrogen-bond donors (Lipinski definition) is 3. The average molecular weight is 167 g/mol. The number of nitrogens with two attached hydrogens (primary N) is 1. The summed E-state index contributed by atoms with van der Waals surface area (Å²) in [6.45, 7) is 1.83. The summed E-state index contributed by atoms with van der Waals surface area (Å²) in [4.78, 5) is 0. The van der Waals surface area contributed by atoms with Crippen LogP contribution >= 0.6 is 0 Å². The first-order valence-corrected chi connectivity index (χ1v) is 3.92. The third-order valence-corrected chi connectivity index (χ3v) is 1.84. The van der Waals surface area contributed by atoms with Crippen LogP contribution in [0.1, 0.15) is 25.0 Å². The molecule has 1 aromatic rings. The summed E-state index contributed by atoms with van der Waals surface area (Å²) >= 11 is 0. The summed E-state index contributed by atoms with van der Waals surface area (Å²) in [7, 11) is 0. The molecule has 0 aliphatic rings. The van der Waals surface area contributed by atoms with Gasteiger partial charge in [-0.2, -0.15) is 0 Å². The van der Waals surface area contributed by atoms with Gasteiger partial charge in [-0.3, -0.25) is 0 Å². The molecular weight excluding hydrogens is 154 g/mol. The number of phenolic OH excluding ortho intramolecular Hbond substituents is 1. The van der Waals surface area contributed by atoms with E-state index in [0.717, 1.165) is 0 Å². The van der Waals surface area contributed by atoms with Crippen LogP contribution in [-0.4, -0.2) is 10.2 Å². The van der Waals surface area contributed by atoms with Gasteiger partial charge in [0.25, 0.3) is 0 Å². The van der Waals surface area contributed by atoms with Crippen molar-refractivity contribution in [2.45, 2.75) is 19.4 Å². The summed E-state index contributed by atoms with van der Waals surface area (Å²) < 4.78 is 0. The van der Waals surface area contributed by atoms with Crippen LogP contribution in [0, 0.1) is 0 Å². The van der Waals surface area contributed by atoms with Gasteiger partial charge >= 0.3 is 0 Å². The quantitative estimate of drug-likeness (QED) is 0.583. The van der Waals surface area contributed by atoms with E-state index in [-0.39, 0.29) is 5.75 Å². The summed E-state index contributed by atoms with van der Waals surface area (Å²) in [5.41, 5.74) is 6.44. The molecule has 0 saturated heterocycles. The summed E-state index contributed by atoms with van der Waals surface area (Å²) in [6, 6.07) is 4.83. The van der Waals surface area contributed by atoms with E-state index in [4.69, 9.17) is 5.73 Å². The molecule has 66 valence electrons. The van der Waals surface area contributed by atoms with Gasteiger partial charge in [0.2, 0.25) is 0 Å². The van der Waals surface area contributed by atoms with Gasteiger partial charge in [0.05, 0.1) is 6.10 Å². The van der Waals surface area contributed by atoms with Gasteiger partial charge in [0.1, 0.15) is 5.75 Å². The molecule has 0 amide bonds. The van der Waals surface area contributed by atoms with Crippen molar-refractivity contribution in [2.75, 3.05) is 5.73 Å². The molecule has 0 bridgehead atoms. The molecule has 1 rings (SSSR count). The van der Waals surface area contributed by atoms with Crippen LogP contribution in [0.5, 0.6) is 5.75 Å². The van der Waals surface area contributed by atoms with Crippen LogP contribution in [0.3, 0.4) is 0 Å². The molecule has 1 unspecified atom stereocenters. The molecule has 1 aromatic carbocycles. The number of aromatic hydroxyl groups is 1. The van der Waals surface area contributed by atoms with Gasteiger partial charge in [-0.1, -0.05) is 13.0 Å². The molecule has 4 N–H and O–H groups in total. The second kappa shape index (κ2) is 3.45. The van der Waals surface area contributed by atoms with Crippen molar-refractivity contribution in [3.05, 3.63) is 23.8 Å². The number of hydrogen-bond acceptors (Lipinski definition) is 3. The Labute approximate surface area is 71.5 Å². The molecule has 3 nitrogen and oxygen atoms in total. The van der Waals surface area contributed by atoms with E-state index in [0.29, 0.717) is 17.7 Å². The summed E-state index contributed by atoms with van der Waals surface area (Å²) in [5, 5.41) is 18.8. The monoisotopic (exact) mass is 167 g/mol. The molecule has 0 aliphatic carbocycles.